The summed E-state index contributed by atoms with van der Waals surface area (Å²) < 4.78 is 5.43. The van der Waals surface area contributed by atoms with Crippen molar-refractivity contribution in [3.05, 3.63) is 29.3 Å². The molecule has 1 aliphatic rings. The van der Waals surface area contributed by atoms with E-state index in [9.17, 15) is 10.1 Å². The number of ether oxygens (including phenoxy) is 1. The van der Waals surface area contributed by atoms with Crippen LogP contribution in [0.25, 0.3) is 0 Å². The quantitative estimate of drug-likeness (QED) is 0.827. The van der Waals surface area contributed by atoms with E-state index in [0.717, 1.165) is 37.2 Å². The molecule has 1 fully saturated rings. The number of hydrogen-bond acceptors (Lipinski definition) is 3. The maximum Gasteiger partial charge on any atom is 0.240 e. The highest BCUT2D eigenvalue weighted by Gasteiger charge is 2.28. The highest BCUT2D eigenvalue weighted by atomic mass is 16.5. The molecule has 0 radical (unpaired) electrons. The van der Waals surface area contributed by atoms with Gasteiger partial charge in [0.25, 0.3) is 0 Å². The first-order valence-corrected chi connectivity index (χ1v) is 8.81. The van der Waals surface area contributed by atoms with E-state index in [4.69, 9.17) is 4.74 Å². The summed E-state index contributed by atoms with van der Waals surface area (Å²) in [5, 5.41) is 9.54. The Labute approximate surface area is 145 Å². The van der Waals surface area contributed by atoms with Gasteiger partial charge in [-0.2, -0.15) is 5.26 Å². The Balaban J connectivity index is 2.16. The summed E-state index contributed by atoms with van der Waals surface area (Å²) in [5.41, 5.74) is 2.13. The standard InChI is InChI=1S/C20H28N2O2/c1-14(2)16-5-6-19(24-4)17(11-16)12-18(13-21)20(23)22-9-7-15(3)8-10-22/h5-6,11,14-15,18H,7-10,12H2,1-4H3. The lowest BCUT2D eigenvalue weighted by Gasteiger charge is -2.31. The number of piperidine rings is 1. The van der Waals surface area contributed by atoms with E-state index in [-0.39, 0.29) is 5.91 Å². The number of hydrogen-bond donors (Lipinski definition) is 0. The van der Waals surface area contributed by atoms with Crippen LogP contribution in [0.2, 0.25) is 0 Å². The van der Waals surface area contributed by atoms with Gasteiger partial charge >= 0.3 is 0 Å². The van der Waals surface area contributed by atoms with E-state index in [2.05, 4.69) is 32.9 Å². The maximum absolute atomic E-state index is 12.7. The molecule has 1 saturated heterocycles. The van der Waals surface area contributed by atoms with Crippen LogP contribution < -0.4 is 4.74 Å². The monoisotopic (exact) mass is 328 g/mol. The molecule has 0 aromatic heterocycles. The molecular weight excluding hydrogens is 300 g/mol. The van der Waals surface area contributed by atoms with Crippen molar-refractivity contribution in [2.75, 3.05) is 20.2 Å². The number of benzene rings is 1. The predicted octanol–water partition coefficient (Wildman–Crippen LogP) is 3.76. The summed E-state index contributed by atoms with van der Waals surface area (Å²) in [6.07, 6.45) is 2.46. The molecule has 130 valence electrons. The molecular formula is C20H28N2O2. The van der Waals surface area contributed by atoms with Gasteiger partial charge in [-0.3, -0.25) is 4.79 Å². The molecule has 4 heteroatoms. The zero-order valence-corrected chi connectivity index (χ0v) is 15.2. The van der Waals surface area contributed by atoms with E-state index in [1.165, 1.54) is 5.56 Å². The number of carbonyl (C=O) groups excluding carboxylic acids is 1. The summed E-state index contributed by atoms with van der Waals surface area (Å²) in [5.74, 6) is 1.13. The van der Waals surface area contributed by atoms with Gasteiger partial charge in [0.05, 0.1) is 13.2 Å². The van der Waals surface area contributed by atoms with Crippen LogP contribution in [0.5, 0.6) is 5.75 Å². The van der Waals surface area contributed by atoms with E-state index in [0.29, 0.717) is 18.3 Å². The molecule has 4 nitrogen and oxygen atoms in total. The second kappa shape index (κ2) is 8.19. The van der Waals surface area contributed by atoms with Crippen LogP contribution in [-0.4, -0.2) is 31.0 Å². The van der Waals surface area contributed by atoms with Crippen molar-refractivity contribution in [1.82, 2.24) is 4.90 Å². The summed E-state index contributed by atoms with van der Waals surface area (Å²) in [6, 6.07) is 8.26. The first-order chi connectivity index (χ1) is 11.5. The Morgan fingerprint density at radius 3 is 2.58 bits per heavy atom. The molecule has 1 unspecified atom stereocenters. The lowest BCUT2D eigenvalue weighted by molar-refractivity contribution is -0.135. The van der Waals surface area contributed by atoms with Crippen molar-refractivity contribution in [3.8, 4) is 11.8 Å². The summed E-state index contributed by atoms with van der Waals surface area (Å²) in [4.78, 5) is 14.6. The molecule has 24 heavy (non-hydrogen) atoms. The van der Waals surface area contributed by atoms with Gasteiger partial charge in [0.1, 0.15) is 11.7 Å². The van der Waals surface area contributed by atoms with E-state index in [1.807, 2.05) is 17.0 Å². The second-order valence-electron chi connectivity index (χ2n) is 7.12. The molecule has 2 rings (SSSR count). The average molecular weight is 328 g/mol. The molecule has 0 aliphatic carbocycles. The lowest BCUT2D eigenvalue weighted by Crippen LogP contribution is -2.41. The summed E-state index contributed by atoms with van der Waals surface area (Å²) >= 11 is 0. The first-order valence-electron chi connectivity index (χ1n) is 8.81. The third-order valence-corrected chi connectivity index (χ3v) is 4.94. The van der Waals surface area contributed by atoms with Gasteiger partial charge in [0, 0.05) is 19.5 Å². The minimum absolute atomic E-state index is 0.0404. The van der Waals surface area contributed by atoms with Crippen molar-refractivity contribution in [1.29, 1.82) is 5.26 Å². The third-order valence-electron chi connectivity index (χ3n) is 4.94. The van der Waals surface area contributed by atoms with E-state index < -0.39 is 5.92 Å². The molecule has 1 amide bonds. The first kappa shape index (κ1) is 18.3. The number of carbonyl (C=O) groups is 1. The predicted molar refractivity (Wildman–Crippen MR) is 94.9 cm³/mol. The van der Waals surface area contributed by atoms with Crippen molar-refractivity contribution < 1.29 is 9.53 Å². The van der Waals surface area contributed by atoms with Crippen molar-refractivity contribution in [2.24, 2.45) is 11.8 Å². The molecule has 1 aromatic rings. The van der Waals surface area contributed by atoms with Gasteiger partial charge in [0.2, 0.25) is 5.91 Å². The number of nitrogens with zero attached hydrogens (tertiary/aromatic N) is 2. The fraction of sp³-hybridized carbons (Fsp3) is 0.600. The Hall–Kier alpha value is -2.02. The topological polar surface area (TPSA) is 53.3 Å². The SMILES string of the molecule is COc1ccc(C(C)C)cc1CC(C#N)C(=O)N1CCC(C)CC1. The maximum atomic E-state index is 12.7. The van der Waals surface area contributed by atoms with Crippen LogP contribution in [-0.2, 0) is 11.2 Å². The van der Waals surface area contributed by atoms with E-state index in [1.54, 1.807) is 7.11 Å². The minimum atomic E-state index is -0.644. The molecule has 0 spiro atoms. The highest BCUT2D eigenvalue weighted by molar-refractivity contribution is 5.81. The van der Waals surface area contributed by atoms with Gasteiger partial charge in [-0.1, -0.05) is 32.9 Å². The number of rotatable bonds is 5. The van der Waals surface area contributed by atoms with E-state index >= 15 is 0 Å². The average Bonchev–Trinajstić information content (AvgIpc) is 2.59. The molecule has 0 N–H and O–H groups in total. The minimum Gasteiger partial charge on any atom is -0.496 e. The fourth-order valence-corrected chi connectivity index (χ4v) is 3.17. The molecule has 1 aromatic carbocycles. The Morgan fingerprint density at radius 1 is 1.38 bits per heavy atom. The van der Waals surface area contributed by atoms with Crippen LogP contribution in [0.15, 0.2) is 18.2 Å². The molecule has 0 saturated carbocycles. The third kappa shape index (κ3) is 4.29. The zero-order valence-electron chi connectivity index (χ0n) is 15.2. The smallest absolute Gasteiger partial charge is 0.240 e. The van der Waals surface area contributed by atoms with Crippen LogP contribution in [0, 0.1) is 23.2 Å². The number of methoxy groups -OCH3 is 1. The van der Waals surface area contributed by atoms with Crippen molar-refractivity contribution in [2.45, 2.75) is 46.0 Å². The van der Waals surface area contributed by atoms with Gasteiger partial charge in [0.15, 0.2) is 0 Å². The summed E-state index contributed by atoms with van der Waals surface area (Å²) in [6.45, 7) is 8.01. The van der Waals surface area contributed by atoms with Gasteiger partial charge in [-0.15, -0.1) is 0 Å². The van der Waals surface area contributed by atoms with Gasteiger partial charge in [-0.05, 0) is 41.9 Å². The largest absolute Gasteiger partial charge is 0.496 e. The Morgan fingerprint density at radius 2 is 2.04 bits per heavy atom. The van der Waals surface area contributed by atoms with Gasteiger partial charge in [-0.25, -0.2) is 0 Å². The van der Waals surface area contributed by atoms with Crippen LogP contribution in [0.1, 0.15) is 50.7 Å². The Bertz CT molecular complexity index is 611. The van der Waals surface area contributed by atoms with Crippen molar-refractivity contribution in [3.63, 3.8) is 0 Å². The number of amides is 1. The lowest BCUT2D eigenvalue weighted by atomic mass is 9.92. The molecule has 1 atom stereocenters. The normalized spacial score (nSPS) is 16.8. The molecule has 1 aliphatic heterocycles. The number of nitriles is 1. The van der Waals surface area contributed by atoms with Crippen LogP contribution >= 0.6 is 0 Å². The van der Waals surface area contributed by atoms with Crippen LogP contribution in [0.4, 0.5) is 0 Å². The zero-order chi connectivity index (χ0) is 17.7. The van der Waals surface area contributed by atoms with Crippen molar-refractivity contribution >= 4 is 5.91 Å². The van der Waals surface area contributed by atoms with Gasteiger partial charge < -0.3 is 9.64 Å². The molecule has 1 heterocycles. The Kier molecular flexibility index (Phi) is 6.25. The second-order valence-corrected chi connectivity index (χ2v) is 7.12. The summed E-state index contributed by atoms with van der Waals surface area (Å²) in [7, 11) is 1.63. The fourth-order valence-electron chi connectivity index (χ4n) is 3.17. The highest BCUT2D eigenvalue weighted by Crippen LogP contribution is 2.27. The van der Waals surface area contributed by atoms with Crippen LogP contribution in [0.3, 0.4) is 0 Å². The molecule has 0 bridgehead atoms. The number of likely N-dealkylation sites (tertiary alicyclic amines) is 1.